The Hall–Kier alpha value is -1.76. The van der Waals surface area contributed by atoms with E-state index in [9.17, 15) is 18.9 Å². The second-order valence-electron chi connectivity index (χ2n) is 3.31. The summed E-state index contributed by atoms with van der Waals surface area (Å²) in [6, 6.07) is 3.00. The van der Waals surface area contributed by atoms with E-state index in [4.69, 9.17) is 10.8 Å². The van der Waals surface area contributed by atoms with Gasteiger partial charge in [-0.1, -0.05) is 0 Å². The molecule has 1 rings (SSSR count). The van der Waals surface area contributed by atoms with Crippen LogP contribution in [0.5, 0.6) is 5.75 Å². The number of nitro benzene ring substituents is 1. The fourth-order valence-corrected chi connectivity index (χ4v) is 1.24. The maximum Gasteiger partial charge on any atom is 0.273 e. The number of alkyl halides is 2. The van der Waals surface area contributed by atoms with Crippen LogP contribution >= 0.6 is 0 Å². The molecule has 3 N–H and O–H groups in total. The third-order valence-electron chi connectivity index (χ3n) is 2.01. The van der Waals surface area contributed by atoms with Crippen molar-refractivity contribution in [1.29, 1.82) is 0 Å². The molecule has 0 atom stereocenters. The molecular formula is C9H10F2N2O3. The Balaban J connectivity index is 3.10. The zero-order chi connectivity index (χ0) is 12.3. The van der Waals surface area contributed by atoms with Gasteiger partial charge in [0.2, 0.25) is 0 Å². The van der Waals surface area contributed by atoms with Gasteiger partial charge in [-0.15, -0.1) is 0 Å². The highest BCUT2D eigenvalue weighted by atomic mass is 19.3. The molecular weight excluding hydrogens is 222 g/mol. The van der Waals surface area contributed by atoms with E-state index in [1.807, 2.05) is 0 Å². The van der Waals surface area contributed by atoms with Gasteiger partial charge in [0.05, 0.1) is 11.5 Å². The van der Waals surface area contributed by atoms with Gasteiger partial charge in [0.15, 0.2) is 0 Å². The topological polar surface area (TPSA) is 89.4 Å². The minimum absolute atomic E-state index is 0.236. The number of nitrogens with two attached hydrogens (primary N) is 1. The summed E-state index contributed by atoms with van der Waals surface area (Å²) in [7, 11) is 0. The maximum absolute atomic E-state index is 13.0. The molecule has 16 heavy (non-hydrogen) atoms. The highest BCUT2D eigenvalue weighted by Gasteiger charge is 2.30. The van der Waals surface area contributed by atoms with Crippen LogP contribution in [0.15, 0.2) is 18.2 Å². The summed E-state index contributed by atoms with van der Waals surface area (Å²) in [5.41, 5.74) is 4.15. The standard InChI is InChI=1S/C9H10F2N2O3/c10-9(11,5-12)4-6-3-7(14)1-2-8(6)13(15)16/h1-3,14H,4-5,12H2. The quantitative estimate of drug-likeness (QED) is 0.607. The van der Waals surface area contributed by atoms with E-state index < -0.39 is 29.5 Å². The number of phenols is 1. The molecule has 0 aliphatic rings. The Morgan fingerprint density at radius 2 is 2.12 bits per heavy atom. The van der Waals surface area contributed by atoms with Crippen LogP contribution in [0.25, 0.3) is 0 Å². The summed E-state index contributed by atoms with van der Waals surface area (Å²) in [5, 5.41) is 19.6. The number of rotatable bonds is 4. The molecule has 0 aliphatic heterocycles. The molecule has 1 aromatic rings. The fraction of sp³-hybridized carbons (Fsp3) is 0.333. The summed E-state index contributed by atoms with van der Waals surface area (Å²) in [6.45, 7) is -0.903. The molecule has 0 bridgehead atoms. The van der Waals surface area contributed by atoms with Crippen molar-refractivity contribution in [3.63, 3.8) is 0 Å². The summed E-state index contributed by atoms with van der Waals surface area (Å²) < 4.78 is 26.0. The lowest BCUT2D eigenvalue weighted by atomic mass is 10.0. The fourth-order valence-electron chi connectivity index (χ4n) is 1.24. The van der Waals surface area contributed by atoms with Gasteiger partial charge in [-0.25, -0.2) is 8.78 Å². The predicted octanol–water partition coefficient (Wildman–Crippen LogP) is 1.44. The first kappa shape index (κ1) is 12.3. The van der Waals surface area contributed by atoms with E-state index in [0.29, 0.717) is 0 Å². The molecule has 0 unspecified atom stereocenters. The number of hydrogen-bond acceptors (Lipinski definition) is 4. The number of halogens is 2. The Morgan fingerprint density at radius 1 is 1.50 bits per heavy atom. The van der Waals surface area contributed by atoms with Gasteiger partial charge >= 0.3 is 0 Å². The van der Waals surface area contributed by atoms with E-state index in [0.717, 1.165) is 18.2 Å². The molecule has 5 nitrogen and oxygen atoms in total. The third kappa shape index (κ3) is 2.86. The average Bonchev–Trinajstić information content (AvgIpc) is 2.16. The van der Waals surface area contributed by atoms with Gasteiger partial charge in [0, 0.05) is 18.1 Å². The second kappa shape index (κ2) is 4.40. The number of nitrogens with zero attached hydrogens (tertiary/aromatic N) is 1. The predicted molar refractivity (Wildman–Crippen MR) is 52.5 cm³/mol. The average molecular weight is 232 g/mol. The Bertz CT molecular complexity index is 410. The lowest BCUT2D eigenvalue weighted by Crippen LogP contribution is -2.30. The van der Waals surface area contributed by atoms with E-state index in [1.54, 1.807) is 0 Å². The lowest BCUT2D eigenvalue weighted by molar-refractivity contribution is -0.385. The van der Waals surface area contributed by atoms with Gasteiger partial charge in [0.25, 0.3) is 11.6 Å². The van der Waals surface area contributed by atoms with Crippen molar-refractivity contribution in [1.82, 2.24) is 0 Å². The van der Waals surface area contributed by atoms with E-state index in [-0.39, 0.29) is 11.3 Å². The van der Waals surface area contributed by atoms with Crippen LogP contribution in [-0.2, 0) is 6.42 Å². The van der Waals surface area contributed by atoms with Crippen LogP contribution in [0.3, 0.4) is 0 Å². The summed E-state index contributed by atoms with van der Waals surface area (Å²) in [5.74, 6) is -3.52. The summed E-state index contributed by atoms with van der Waals surface area (Å²) in [6.07, 6.45) is -0.867. The number of benzene rings is 1. The zero-order valence-corrected chi connectivity index (χ0v) is 8.19. The molecule has 0 spiro atoms. The van der Waals surface area contributed by atoms with Crippen LogP contribution in [0.2, 0.25) is 0 Å². The number of nitro groups is 1. The van der Waals surface area contributed by atoms with Crippen molar-refractivity contribution in [2.75, 3.05) is 6.54 Å². The van der Waals surface area contributed by atoms with Gasteiger partial charge < -0.3 is 10.8 Å². The first-order valence-electron chi connectivity index (χ1n) is 4.40. The van der Waals surface area contributed by atoms with Crippen molar-refractivity contribution in [2.45, 2.75) is 12.3 Å². The molecule has 88 valence electrons. The Morgan fingerprint density at radius 3 is 2.62 bits per heavy atom. The molecule has 0 saturated carbocycles. The third-order valence-corrected chi connectivity index (χ3v) is 2.01. The maximum atomic E-state index is 13.0. The minimum Gasteiger partial charge on any atom is -0.508 e. The van der Waals surface area contributed by atoms with Crippen LogP contribution in [0, 0.1) is 10.1 Å². The summed E-state index contributed by atoms with van der Waals surface area (Å²) in [4.78, 5) is 9.78. The van der Waals surface area contributed by atoms with Crippen LogP contribution in [0.4, 0.5) is 14.5 Å². The molecule has 0 aromatic heterocycles. The van der Waals surface area contributed by atoms with Crippen LogP contribution < -0.4 is 5.73 Å². The van der Waals surface area contributed by atoms with Gasteiger partial charge in [0.1, 0.15) is 5.75 Å². The molecule has 1 aromatic carbocycles. The lowest BCUT2D eigenvalue weighted by Gasteiger charge is -2.13. The number of hydrogen-bond donors (Lipinski definition) is 2. The minimum atomic E-state index is -3.22. The van der Waals surface area contributed by atoms with Gasteiger partial charge in [-0.05, 0) is 12.1 Å². The normalized spacial score (nSPS) is 11.4. The van der Waals surface area contributed by atoms with Gasteiger partial charge in [-0.3, -0.25) is 10.1 Å². The second-order valence-corrected chi connectivity index (χ2v) is 3.31. The largest absolute Gasteiger partial charge is 0.508 e. The highest BCUT2D eigenvalue weighted by Crippen LogP contribution is 2.28. The zero-order valence-electron chi connectivity index (χ0n) is 8.19. The van der Waals surface area contributed by atoms with E-state index in [1.165, 1.54) is 0 Å². The first-order chi connectivity index (χ1) is 7.35. The van der Waals surface area contributed by atoms with Crippen LogP contribution in [-0.4, -0.2) is 22.5 Å². The SMILES string of the molecule is NCC(F)(F)Cc1cc(O)ccc1[N+](=O)[O-]. The Kier molecular flexibility index (Phi) is 3.38. The van der Waals surface area contributed by atoms with Crippen LogP contribution in [0.1, 0.15) is 5.56 Å². The molecule has 0 saturated heterocycles. The molecule has 0 amide bonds. The monoisotopic (exact) mass is 232 g/mol. The van der Waals surface area contributed by atoms with Crippen molar-refractivity contribution in [3.8, 4) is 5.75 Å². The van der Waals surface area contributed by atoms with E-state index >= 15 is 0 Å². The smallest absolute Gasteiger partial charge is 0.273 e. The molecule has 7 heteroatoms. The molecule has 0 heterocycles. The first-order valence-corrected chi connectivity index (χ1v) is 4.40. The van der Waals surface area contributed by atoms with Crippen molar-refractivity contribution < 1.29 is 18.8 Å². The number of phenolic OH excluding ortho intramolecular Hbond substituents is 1. The molecule has 0 fully saturated rings. The molecule has 0 aliphatic carbocycles. The van der Waals surface area contributed by atoms with Crippen molar-refractivity contribution >= 4 is 5.69 Å². The molecule has 0 radical (unpaired) electrons. The van der Waals surface area contributed by atoms with E-state index in [2.05, 4.69) is 0 Å². The summed E-state index contributed by atoms with van der Waals surface area (Å²) >= 11 is 0. The number of aromatic hydroxyl groups is 1. The Labute approximate surface area is 89.6 Å². The van der Waals surface area contributed by atoms with Gasteiger partial charge in [-0.2, -0.15) is 0 Å². The van der Waals surface area contributed by atoms with Crippen molar-refractivity contribution in [2.24, 2.45) is 5.73 Å². The highest BCUT2D eigenvalue weighted by molar-refractivity contribution is 5.45. The van der Waals surface area contributed by atoms with Crippen molar-refractivity contribution in [3.05, 3.63) is 33.9 Å².